The summed E-state index contributed by atoms with van der Waals surface area (Å²) >= 11 is 6.08. The molecule has 1 aromatic heterocycles. The molecular weight excluding hydrogens is 224 g/mol. The number of halogens is 1. The molecule has 0 radical (unpaired) electrons. The van der Waals surface area contributed by atoms with Crippen LogP contribution in [0.1, 0.15) is 25.0 Å². The van der Waals surface area contributed by atoms with Gasteiger partial charge in [0.25, 0.3) is 0 Å². The Kier molecular flexibility index (Phi) is 2.30. The molecule has 0 aliphatic carbocycles. The van der Waals surface area contributed by atoms with Crippen LogP contribution in [0, 0.1) is 0 Å². The quantitative estimate of drug-likeness (QED) is 0.747. The molecule has 0 N–H and O–H groups in total. The second-order valence-corrected chi connectivity index (χ2v) is 5.07. The van der Waals surface area contributed by atoms with Gasteiger partial charge in [-0.1, -0.05) is 22.9 Å². The highest BCUT2D eigenvalue weighted by atomic mass is 35.5. The van der Waals surface area contributed by atoms with Crippen LogP contribution in [0.3, 0.4) is 0 Å². The number of rotatable bonds is 1. The van der Waals surface area contributed by atoms with Gasteiger partial charge >= 0.3 is 0 Å². The van der Waals surface area contributed by atoms with Crippen LogP contribution in [0.5, 0.6) is 0 Å². The van der Waals surface area contributed by atoms with Gasteiger partial charge in [0.15, 0.2) is 5.15 Å². The molecule has 86 valence electrons. The Morgan fingerprint density at radius 2 is 2.19 bits per heavy atom. The molecule has 5 heteroatoms. The molecule has 0 aromatic carbocycles. The second-order valence-electron chi connectivity index (χ2n) is 4.71. The van der Waals surface area contributed by atoms with Crippen molar-refractivity contribution in [3.05, 3.63) is 16.9 Å². The summed E-state index contributed by atoms with van der Waals surface area (Å²) in [5.74, 6) is 0. The van der Waals surface area contributed by atoms with E-state index in [9.17, 15) is 0 Å². The van der Waals surface area contributed by atoms with Crippen molar-refractivity contribution >= 4 is 17.2 Å². The molecule has 2 unspecified atom stereocenters. The molecule has 0 saturated carbocycles. The van der Waals surface area contributed by atoms with Crippen LogP contribution in [-0.2, 0) is 7.05 Å². The van der Waals surface area contributed by atoms with Crippen LogP contribution < -0.4 is 0 Å². The molecule has 1 saturated heterocycles. The topological polar surface area (TPSA) is 34.0 Å². The van der Waals surface area contributed by atoms with E-state index >= 15 is 0 Å². The lowest BCUT2D eigenvalue weighted by atomic mass is 9.99. The first-order valence-electron chi connectivity index (χ1n) is 5.65. The number of hydrogen-bond acceptors (Lipinski definition) is 3. The van der Waals surface area contributed by atoms with Gasteiger partial charge in [0.05, 0.1) is 0 Å². The van der Waals surface area contributed by atoms with E-state index < -0.39 is 0 Å². The van der Waals surface area contributed by atoms with Crippen molar-refractivity contribution in [2.24, 2.45) is 7.05 Å². The Labute approximate surface area is 99.9 Å². The highest BCUT2D eigenvalue weighted by Gasteiger charge is 2.35. The van der Waals surface area contributed by atoms with Gasteiger partial charge in [-0.15, -0.1) is 5.10 Å². The fraction of sp³-hybridized carbons (Fsp3) is 0.636. The molecule has 0 spiro atoms. The maximum absolute atomic E-state index is 6.08. The van der Waals surface area contributed by atoms with E-state index in [0.717, 1.165) is 12.1 Å². The highest BCUT2D eigenvalue weighted by molar-refractivity contribution is 6.30. The number of aryl methyl sites for hydroxylation is 1. The predicted molar refractivity (Wildman–Crippen MR) is 63.2 cm³/mol. The fourth-order valence-corrected chi connectivity index (χ4v) is 3.17. The number of likely N-dealkylation sites (N-methyl/N-ethyl adjacent to an activating group) is 1. The Bertz CT molecular complexity index is 431. The van der Waals surface area contributed by atoms with E-state index in [1.807, 2.05) is 7.05 Å². The van der Waals surface area contributed by atoms with Crippen LogP contribution in [0.25, 0.3) is 5.57 Å². The first kappa shape index (κ1) is 10.3. The summed E-state index contributed by atoms with van der Waals surface area (Å²) in [5, 5.41) is 8.39. The monoisotopic (exact) mass is 238 g/mol. The van der Waals surface area contributed by atoms with Gasteiger partial charge in [0, 0.05) is 19.1 Å². The third kappa shape index (κ3) is 1.40. The summed E-state index contributed by atoms with van der Waals surface area (Å²) < 4.78 is 1.78. The maximum Gasteiger partial charge on any atom is 0.178 e. The molecule has 2 bridgehead atoms. The minimum atomic E-state index is 0.526. The molecule has 1 aromatic rings. The van der Waals surface area contributed by atoms with Crippen molar-refractivity contribution < 1.29 is 0 Å². The average Bonchev–Trinajstić information content (AvgIpc) is 2.67. The lowest BCUT2D eigenvalue weighted by molar-refractivity contribution is 0.264. The number of fused-ring (bicyclic) bond motifs is 2. The van der Waals surface area contributed by atoms with Gasteiger partial charge in [-0.3, -0.25) is 4.90 Å². The highest BCUT2D eigenvalue weighted by Crippen LogP contribution is 2.38. The summed E-state index contributed by atoms with van der Waals surface area (Å²) in [5.41, 5.74) is 2.30. The minimum absolute atomic E-state index is 0.526. The Hall–Kier alpha value is -0.870. The lowest BCUT2D eigenvalue weighted by Gasteiger charge is -2.30. The van der Waals surface area contributed by atoms with Crippen molar-refractivity contribution in [1.82, 2.24) is 19.9 Å². The van der Waals surface area contributed by atoms with E-state index in [4.69, 9.17) is 11.6 Å². The minimum Gasteiger partial charge on any atom is -0.297 e. The lowest BCUT2D eigenvalue weighted by Crippen LogP contribution is -2.34. The van der Waals surface area contributed by atoms with E-state index in [0.29, 0.717) is 17.2 Å². The SMILES string of the molecule is CN1C2C=C(c3c(Cl)nnn3C)CC1CC2. The molecule has 2 atom stereocenters. The molecule has 0 amide bonds. The van der Waals surface area contributed by atoms with Gasteiger partial charge in [0.1, 0.15) is 5.69 Å². The van der Waals surface area contributed by atoms with Crippen molar-refractivity contribution in [2.45, 2.75) is 31.3 Å². The smallest absolute Gasteiger partial charge is 0.178 e. The number of hydrogen-bond donors (Lipinski definition) is 0. The number of aromatic nitrogens is 3. The zero-order chi connectivity index (χ0) is 11.3. The molecule has 2 aliphatic heterocycles. The first-order valence-corrected chi connectivity index (χ1v) is 6.03. The summed E-state index contributed by atoms with van der Waals surface area (Å²) in [7, 11) is 4.11. The van der Waals surface area contributed by atoms with Gasteiger partial charge < -0.3 is 0 Å². The molecule has 3 heterocycles. The van der Waals surface area contributed by atoms with Gasteiger partial charge in [0.2, 0.25) is 0 Å². The zero-order valence-corrected chi connectivity index (χ0v) is 10.3. The van der Waals surface area contributed by atoms with Crippen LogP contribution in [0.2, 0.25) is 5.15 Å². The van der Waals surface area contributed by atoms with E-state index in [1.165, 1.54) is 18.4 Å². The largest absolute Gasteiger partial charge is 0.297 e. The Morgan fingerprint density at radius 1 is 1.38 bits per heavy atom. The molecule has 4 nitrogen and oxygen atoms in total. The average molecular weight is 239 g/mol. The fourth-order valence-electron chi connectivity index (χ4n) is 2.89. The third-order valence-corrected chi connectivity index (χ3v) is 4.09. The van der Waals surface area contributed by atoms with E-state index in [1.54, 1.807) is 4.68 Å². The van der Waals surface area contributed by atoms with Gasteiger partial charge in [-0.05, 0) is 31.9 Å². The summed E-state index contributed by atoms with van der Waals surface area (Å²) in [6, 6.07) is 1.23. The van der Waals surface area contributed by atoms with Crippen molar-refractivity contribution in [3.63, 3.8) is 0 Å². The normalized spacial score (nSPS) is 29.6. The molecule has 16 heavy (non-hydrogen) atoms. The Morgan fingerprint density at radius 3 is 2.81 bits per heavy atom. The summed E-state index contributed by atoms with van der Waals surface area (Å²) in [4.78, 5) is 2.46. The van der Waals surface area contributed by atoms with Crippen LogP contribution in [-0.4, -0.2) is 39.0 Å². The van der Waals surface area contributed by atoms with Crippen LogP contribution >= 0.6 is 11.6 Å². The maximum atomic E-state index is 6.08. The number of nitrogens with zero attached hydrogens (tertiary/aromatic N) is 4. The van der Waals surface area contributed by atoms with Gasteiger partial charge in [-0.2, -0.15) is 0 Å². The summed E-state index contributed by atoms with van der Waals surface area (Å²) in [6.45, 7) is 0. The van der Waals surface area contributed by atoms with Crippen molar-refractivity contribution in [2.75, 3.05) is 7.05 Å². The zero-order valence-electron chi connectivity index (χ0n) is 9.52. The predicted octanol–water partition coefficient (Wildman–Crippen LogP) is 1.72. The molecule has 1 fully saturated rings. The molecule has 3 rings (SSSR count). The molecular formula is C11H15ClN4. The Balaban J connectivity index is 2.01. The van der Waals surface area contributed by atoms with Crippen molar-refractivity contribution in [3.8, 4) is 0 Å². The summed E-state index contributed by atoms with van der Waals surface area (Å²) in [6.07, 6.45) is 5.93. The standard InChI is InChI=1S/C11H15ClN4/c1-15-8-3-4-9(15)6-7(5-8)10-11(12)13-14-16(10)2/h5,8-9H,3-4,6H2,1-2H3. The first-order chi connectivity index (χ1) is 7.66. The van der Waals surface area contributed by atoms with Crippen molar-refractivity contribution in [1.29, 1.82) is 0 Å². The van der Waals surface area contributed by atoms with E-state index in [-0.39, 0.29) is 0 Å². The van der Waals surface area contributed by atoms with E-state index in [2.05, 4.69) is 28.3 Å². The third-order valence-electron chi connectivity index (χ3n) is 3.83. The van der Waals surface area contributed by atoms with Gasteiger partial charge in [-0.25, -0.2) is 4.68 Å². The second kappa shape index (κ2) is 3.57. The van der Waals surface area contributed by atoms with Crippen LogP contribution in [0.15, 0.2) is 6.08 Å². The molecule has 2 aliphatic rings. The van der Waals surface area contributed by atoms with Crippen LogP contribution in [0.4, 0.5) is 0 Å².